The molecular formula is C21H36B2F2O-2. The van der Waals surface area contributed by atoms with Crippen LogP contribution < -0.4 is 15.7 Å². The van der Waals surface area contributed by atoms with Gasteiger partial charge in [-0.05, 0) is 39.2 Å². The highest BCUT2D eigenvalue weighted by Gasteiger charge is 1.96. The number of rotatable bonds is 4. The standard InChI is InChI=1S/C9H13BF.C8H11BFO.2C2H6/c1-3-7-4-5-8(11)6-9(7)10-2;1-9-7-5-6(10)3-4-8(7)11-2;2*1-2/h4-6H,3,10H2,1-2H3;3-5H,9H2,1-2H3;2*1-2H3/q2*-1;;. The topological polar surface area (TPSA) is 9.23 Å². The Kier molecular flexibility index (Phi) is 17.0. The zero-order valence-electron chi connectivity index (χ0n) is 18.3. The maximum absolute atomic E-state index is 12.7. The molecule has 0 N–H and O–H groups in total. The Hall–Kier alpha value is -1.77. The minimum Gasteiger partial charge on any atom is -0.500 e. The third-order valence-electron chi connectivity index (χ3n) is 4.12. The van der Waals surface area contributed by atoms with Gasteiger partial charge in [-0.1, -0.05) is 58.4 Å². The number of halogens is 2. The van der Waals surface area contributed by atoms with Crippen molar-refractivity contribution in [1.82, 2.24) is 0 Å². The molecule has 0 aliphatic rings. The summed E-state index contributed by atoms with van der Waals surface area (Å²) < 4.78 is 30.4. The molecule has 0 spiro atoms. The van der Waals surface area contributed by atoms with Crippen molar-refractivity contribution in [2.45, 2.75) is 54.7 Å². The smallest absolute Gasteiger partial charge is 0.120 e. The third kappa shape index (κ3) is 9.65. The van der Waals surface area contributed by atoms with Crippen molar-refractivity contribution in [3.8, 4) is 5.75 Å². The summed E-state index contributed by atoms with van der Waals surface area (Å²) in [6.45, 7) is 14.4. The number of hydrogen-bond donors (Lipinski definition) is 0. The summed E-state index contributed by atoms with van der Waals surface area (Å²) in [5.41, 5.74) is 3.61. The molecule has 5 heteroatoms. The molecule has 0 saturated heterocycles. The Morgan fingerprint density at radius 3 is 1.69 bits per heavy atom. The number of aryl methyl sites for hydroxylation is 1. The normalized spacial score (nSPS) is 8.85. The minimum atomic E-state index is -0.222. The Morgan fingerprint density at radius 1 is 0.808 bits per heavy atom. The lowest BCUT2D eigenvalue weighted by Crippen LogP contribution is -2.16. The molecule has 0 unspecified atom stereocenters. The first kappa shape index (κ1) is 26.5. The Labute approximate surface area is 160 Å². The first-order valence-corrected chi connectivity index (χ1v) is 10.5. The van der Waals surface area contributed by atoms with Crippen molar-refractivity contribution in [1.29, 1.82) is 0 Å². The lowest BCUT2D eigenvalue weighted by atomic mass is 9.70. The van der Waals surface area contributed by atoms with E-state index in [0.717, 1.165) is 17.6 Å². The van der Waals surface area contributed by atoms with Crippen molar-refractivity contribution in [3.05, 3.63) is 53.6 Å². The van der Waals surface area contributed by atoms with Gasteiger partial charge in [0.05, 0.1) is 12.9 Å². The summed E-state index contributed by atoms with van der Waals surface area (Å²) in [6.07, 6.45) is 1.02. The van der Waals surface area contributed by atoms with Gasteiger partial charge in [0.15, 0.2) is 0 Å². The summed E-state index contributed by atoms with van der Waals surface area (Å²) in [5, 5.41) is 0. The van der Waals surface area contributed by atoms with E-state index >= 15 is 0 Å². The number of hydrogen-bond acceptors (Lipinski definition) is 1. The van der Waals surface area contributed by atoms with Crippen LogP contribution in [0.3, 0.4) is 0 Å². The molecule has 148 valence electrons. The lowest BCUT2D eigenvalue weighted by molar-refractivity contribution is 0.417. The molecule has 0 amide bonds. The van der Waals surface area contributed by atoms with E-state index < -0.39 is 0 Å². The van der Waals surface area contributed by atoms with E-state index in [4.69, 9.17) is 4.74 Å². The zero-order chi connectivity index (χ0) is 20.5. The lowest BCUT2D eigenvalue weighted by Gasteiger charge is -2.09. The quantitative estimate of drug-likeness (QED) is 0.747. The Bertz CT molecular complexity index is 551. The summed E-state index contributed by atoms with van der Waals surface area (Å²) in [4.78, 5) is 0. The van der Waals surface area contributed by atoms with Crippen LogP contribution in [0, 0.1) is 11.6 Å². The van der Waals surface area contributed by atoms with Gasteiger partial charge in [0.1, 0.15) is 11.6 Å². The Balaban J connectivity index is 0. The van der Waals surface area contributed by atoms with Gasteiger partial charge >= 0.3 is 0 Å². The van der Waals surface area contributed by atoms with Gasteiger partial charge in [-0.15, -0.1) is 0 Å². The SMILES string of the molecule is CC.CC.C[BH2-]c1cc(F)ccc1CC.C[BH2-]c1cc(F)ccc1OC. The summed E-state index contributed by atoms with van der Waals surface area (Å²) in [5.74, 6) is 0.545. The molecule has 0 bridgehead atoms. The molecular weight excluding hydrogens is 328 g/mol. The number of methoxy groups -OCH3 is 1. The molecule has 26 heavy (non-hydrogen) atoms. The molecule has 0 fully saturated rings. The maximum Gasteiger partial charge on any atom is 0.120 e. The first-order chi connectivity index (χ1) is 12.5. The zero-order valence-corrected chi connectivity index (χ0v) is 18.3. The second kappa shape index (κ2) is 16.7. The van der Waals surface area contributed by atoms with Gasteiger partial charge in [0.25, 0.3) is 0 Å². The highest BCUT2D eigenvalue weighted by molar-refractivity contribution is 6.53. The van der Waals surface area contributed by atoms with E-state index in [1.807, 2.05) is 33.8 Å². The van der Waals surface area contributed by atoms with Crippen molar-refractivity contribution in [2.75, 3.05) is 7.11 Å². The maximum atomic E-state index is 12.7. The molecule has 0 aliphatic carbocycles. The van der Waals surface area contributed by atoms with Gasteiger partial charge in [-0.25, -0.2) is 14.2 Å². The van der Waals surface area contributed by atoms with Gasteiger partial charge in [0, 0.05) is 0 Å². The Morgan fingerprint density at radius 2 is 1.27 bits per heavy atom. The number of ether oxygens (including phenoxy) is 1. The van der Waals surface area contributed by atoms with E-state index in [2.05, 4.69) is 20.6 Å². The highest BCUT2D eigenvalue weighted by atomic mass is 19.1. The fourth-order valence-electron chi connectivity index (χ4n) is 2.75. The molecule has 0 atom stereocenters. The van der Waals surface area contributed by atoms with Crippen LogP contribution in [-0.2, 0) is 6.42 Å². The molecule has 0 heterocycles. The van der Waals surface area contributed by atoms with Crippen molar-refractivity contribution in [2.24, 2.45) is 0 Å². The largest absolute Gasteiger partial charge is 0.500 e. The van der Waals surface area contributed by atoms with Crippen LogP contribution in [0.4, 0.5) is 8.78 Å². The van der Waals surface area contributed by atoms with E-state index in [-0.39, 0.29) is 26.2 Å². The van der Waals surface area contributed by atoms with Gasteiger partial charge in [-0.3, -0.25) is 0 Å². The molecule has 2 rings (SSSR count). The monoisotopic (exact) mass is 364 g/mol. The predicted octanol–water partition coefficient (Wildman–Crippen LogP) is 3.96. The van der Waals surface area contributed by atoms with Crippen LogP contribution in [0.1, 0.15) is 40.2 Å². The van der Waals surface area contributed by atoms with Crippen LogP contribution >= 0.6 is 0 Å². The second-order valence-electron chi connectivity index (χ2n) is 5.54. The average Bonchev–Trinajstić information content (AvgIpc) is 2.71. The molecule has 0 radical (unpaired) electrons. The molecule has 0 saturated carbocycles. The van der Waals surface area contributed by atoms with E-state index in [9.17, 15) is 8.78 Å². The van der Waals surface area contributed by atoms with Gasteiger partial charge in [0.2, 0.25) is 0 Å². The number of benzene rings is 2. The summed E-state index contributed by atoms with van der Waals surface area (Å²) in [6, 6.07) is 9.78. The summed E-state index contributed by atoms with van der Waals surface area (Å²) in [7, 11) is 1.29. The molecule has 2 aromatic carbocycles. The molecule has 0 aliphatic heterocycles. The van der Waals surface area contributed by atoms with Gasteiger partial charge in [-0.2, -0.15) is 19.1 Å². The summed E-state index contributed by atoms with van der Waals surface area (Å²) >= 11 is 0. The van der Waals surface area contributed by atoms with E-state index in [1.165, 1.54) is 17.1 Å². The van der Waals surface area contributed by atoms with Crippen LogP contribution in [0.15, 0.2) is 36.4 Å². The molecule has 2 aromatic rings. The van der Waals surface area contributed by atoms with E-state index in [0.29, 0.717) is 0 Å². The molecule has 1 nitrogen and oxygen atoms in total. The average molecular weight is 364 g/mol. The van der Waals surface area contributed by atoms with Crippen LogP contribution in [0.5, 0.6) is 5.75 Å². The van der Waals surface area contributed by atoms with Crippen LogP contribution in [-0.4, -0.2) is 21.7 Å². The van der Waals surface area contributed by atoms with Crippen molar-refractivity contribution >= 4 is 25.5 Å². The van der Waals surface area contributed by atoms with Crippen LogP contribution in [0.2, 0.25) is 13.6 Å². The van der Waals surface area contributed by atoms with Crippen molar-refractivity contribution in [3.63, 3.8) is 0 Å². The highest BCUT2D eigenvalue weighted by Crippen LogP contribution is 2.07. The molecule has 0 aromatic heterocycles. The fourth-order valence-corrected chi connectivity index (χ4v) is 2.75. The third-order valence-corrected chi connectivity index (χ3v) is 4.12. The first-order valence-electron chi connectivity index (χ1n) is 10.5. The van der Waals surface area contributed by atoms with Crippen LogP contribution in [0.25, 0.3) is 0 Å². The second-order valence-corrected chi connectivity index (χ2v) is 5.54. The van der Waals surface area contributed by atoms with Crippen molar-refractivity contribution < 1.29 is 13.5 Å². The predicted molar refractivity (Wildman–Crippen MR) is 120 cm³/mol. The van der Waals surface area contributed by atoms with E-state index in [1.54, 1.807) is 31.4 Å². The minimum absolute atomic E-state index is 0.0946. The fraction of sp³-hybridized carbons (Fsp3) is 0.429. The van der Waals surface area contributed by atoms with Gasteiger partial charge < -0.3 is 4.74 Å².